The van der Waals surface area contributed by atoms with Gasteiger partial charge in [-0.25, -0.2) is 0 Å². The summed E-state index contributed by atoms with van der Waals surface area (Å²) in [7, 11) is 0. The predicted molar refractivity (Wildman–Crippen MR) is 90.8 cm³/mol. The third-order valence-corrected chi connectivity index (χ3v) is 4.35. The zero-order valence-electron chi connectivity index (χ0n) is 13.1. The van der Waals surface area contributed by atoms with Crippen molar-refractivity contribution in [1.29, 1.82) is 0 Å². The maximum absolute atomic E-state index is 12.5. The molecule has 0 spiro atoms. The van der Waals surface area contributed by atoms with Gasteiger partial charge in [0.2, 0.25) is 0 Å². The molecule has 0 aliphatic carbocycles. The minimum absolute atomic E-state index is 0.0500. The molecule has 0 saturated carbocycles. The van der Waals surface area contributed by atoms with E-state index < -0.39 is 0 Å². The number of rotatable bonds is 5. The largest absolute Gasteiger partial charge is 0.309 e. The van der Waals surface area contributed by atoms with Crippen LogP contribution < -0.4 is 5.56 Å². The van der Waals surface area contributed by atoms with Gasteiger partial charge in [0.1, 0.15) is 0 Å². The molecule has 2 aromatic rings. The zero-order chi connectivity index (χ0) is 16.1. The fourth-order valence-electron chi connectivity index (χ4n) is 3.09. The van der Waals surface area contributed by atoms with Crippen molar-refractivity contribution in [2.45, 2.75) is 32.4 Å². The molecule has 1 fully saturated rings. The van der Waals surface area contributed by atoms with Gasteiger partial charge in [-0.05, 0) is 42.7 Å². The lowest BCUT2D eigenvalue weighted by molar-refractivity contribution is 0.221. The molecule has 0 bridgehead atoms. The summed E-state index contributed by atoms with van der Waals surface area (Å²) in [5.74, 6) is 0. The Hall–Kier alpha value is -2.27. The Bertz CT molecular complexity index is 719. The number of piperidine rings is 1. The van der Waals surface area contributed by atoms with Crippen LogP contribution in [0, 0.1) is 4.91 Å². The Morgan fingerprint density at radius 3 is 2.39 bits per heavy atom. The molecule has 120 valence electrons. The van der Waals surface area contributed by atoms with Gasteiger partial charge < -0.3 is 4.57 Å². The van der Waals surface area contributed by atoms with Gasteiger partial charge in [-0.1, -0.05) is 36.8 Å². The molecule has 5 nitrogen and oxygen atoms in total. The Labute approximate surface area is 135 Å². The van der Waals surface area contributed by atoms with E-state index in [1.807, 2.05) is 36.4 Å². The van der Waals surface area contributed by atoms with Crippen LogP contribution in [0.5, 0.6) is 0 Å². The highest BCUT2D eigenvalue weighted by Crippen LogP contribution is 2.19. The molecule has 1 saturated heterocycles. The molecule has 0 amide bonds. The van der Waals surface area contributed by atoms with Crippen LogP contribution in [0.1, 0.15) is 30.4 Å². The van der Waals surface area contributed by atoms with Gasteiger partial charge in [0.05, 0.1) is 6.54 Å². The normalized spacial score (nSPS) is 15.5. The average molecular weight is 311 g/mol. The van der Waals surface area contributed by atoms with Crippen molar-refractivity contribution in [2.75, 3.05) is 13.1 Å². The van der Waals surface area contributed by atoms with E-state index in [1.54, 1.807) is 10.8 Å². The van der Waals surface area contributed by atoms with Gasteiger partial charge in [0.25, 0.3) is 5.56 Å². The highest BCUT2D eigenvalue weighted by Gasteiger charge is 2.16. The van der Waals surface area contributed by atoms with Crippen LogP contribution in [-0.4, -0.2) is 22.6 Å². The second-order valence-corrected chi connectivity index (χ2v) is 6.04. The fraction of sp³-hybridized carbons (Fsp3) is 0.389. The first-order valence-corrected chi connectivity index (χ1v) is 8.10. The molecule has 2 heterocycles. The molecule has 0 unspecified atom stereocenters. The minimum atomic E-state index is -0.307. The molecule has 3 rings (SSSR count). The fourth-order valence-corrected chi connectivity index (χ4v) is 3.09. The summed E-state index contributed by atoms with van der Waals surface area (Å²) in [6.07, 6.45) is 5.38. The molecule has 1 aliphatic rings. The standard InChI is InChI=1S/C18H21N3O2/c22-18-17(19-23)16(14-20-10-5-2-6-11-20)9-12-21(18)13-15-7-3-1-4-8-15/h1,3-4,7-9,12H,2,5-6,10-11,13-14H2. The maximum atomic E-state index is 12.5. The van der Waals surface area contributed by atoms with Crippen LogP contribution in [0.3, 0.4) is 0 Å². The number of nitrogens with zero attached hydrogens (tertiary/aromatic N) is 3. The number of nitroso groups, excluding NO2 is 1. The van der Waals surface area contributed by atoms with Crippen molar-refractivity contribution in [1.82, 2.24) is 9.47 Å². The van der Waals surface area contributed by atoms with E-state index in [2.05, 4.69) is 10.1 Å². The molecule has 1 aliphatic heterocycles. The van der Waals surface area contributed by atoms with Crippen LogP contribution in [0.4, 0.5) is 5.69 Å². The Kier molecular flexibility index (Phi) is 4.98. The van der Waals surface area contributed by atoms with Crippen molar-refractivity contribution >= 4 is 5.69 Å². The summed E-state index contributed by atoms with van der Waals surface area (Å²) in [6.45, 7) is 3.12. The summed E-state index contributed by atoms with van der Waals surface area (Å²) in [4.78, 5) is 26.0. The Balaban J connectivity index is 1.84. The molecule has 0 atom stereocenters. The van der Waals surface area contributed by atoms with Gasteiger partial charge >= 0.3 is 0 Å². The van der Waals surface area contributed by atoms with E-state index in [9.17, 15) is 9.70 Å². The zero-order valence-corrected chi connectivity index (χ0v) is 13.1. The van der Waals surface area contributed by atoms with Crippen LogP contribution in [-0.2, 0) is 13.1 Å². The predicted octanol–water partition coefficient (Wildman–Crippen LogP) is 3.28. The number of likely N-dealkylation sites (tertiary alicyclic amines) is 1. The van der Waals surface area contributed by atoms with Crippen LogP contribution >= 0.6 is 0 Å². The van der Waals surface area contributed by atoms with Gasteiger partial charge in [0, 0.05) is 18.3 Å². The molecule has 1 aromatic heterocycles. The highest BCUT2D eigenvalue weighted by molar-refractivity contribution is 5.43. The Morgan fingerprint density at radius 1 is 0.957 bits per heavy atom. The first-order chi connectivity index (χ1) is 11.3. The van der Waals surface area contributed by atoms with Crippen molar-refractivity contribution in [3.8, 4) is 0 Å². The number of benzene rings is 1. The molecule has 23 heavy (non-hydrogen) atoms. The monoisotopic (exact) mass is 311 g/mol. The molecular weight excluding hydrogens is 290 g/mol. The smallest absolute Gasteiger partial charge is 0.280 e. The number of aromatic nitrogens is 1. The van der Waals surface area contributed by atoms with E-state index in [0.717, 1.165) is 24.2 Å². The first kappa shape index (κ1) is 15.6. The number of hydrogen-bond acceptors (Lipinski definition) is 4. The average Bonchev–Trinajstić information content (AvgIpc) is 2.59. The molecule has 0 N–H and O–H groups in total. The van der Waals surface area contributed by atoms with E-state index >= 15 is 0 Å². The second-order valence-electron chi connectivity index (χ2n) is 6.04. The van der Waals surface area contributed by atoms with E-state index in [0.29, 0.717) is 13.1 Å². The third kappa shape index (κ3) is 3.74. The van der Waals surface area contributed by atoms with E-state index in [1.165, 1.54) is 19.3 Å². The summed E-state index contributed by atoms with van der Waals surface area (Å²) < 4.78 is 1.55. The maximum Gasteiger partial charge on any atom is 0.280 e. The lowest BCUT2D eigenvalue weighted by Crippen LogP contribution is -2.30. The highest BCUT2D eigenvalue weighted by atomic mass is 16.3. The van der Waals surface area contributed by atoms with E-state index in [-0.39, 0.29) is 11.2 Å². The van der Waals surface area contributed by atoms with E-state index in [4.69, 9.17) is 0 Å². The first-order valence-electron chi connectivity index (χ1n) is 8.10. The van der Waals surface area contributed by atoms with Crippen LogP contribution in [0.2, 0.25) is 0 Å². The van der Waals surface area contributed by atoms with Crippen molar-refractivity contribution in [3.05, 3.63) is 69.0 Å². The van der Waals surface area contributed by atoms with Crippen molar-refractivity contribution in [3.63, 3.8) is 0 Å². The SMILES string of the molecule is O=Nc1c(CN2CCCCC2)ccn(Cc2ccccc2)c1=O. The number of pyridine rings is 1. The van der Waals surface area contributed by atoms with Crippen molar-refractivity contribution < 1.29 is 0 Å². The lowest BCUT2D eigenvalue weighted by Gasteiger charge is -2.26. The molecule has 1 aromatic carbocycles. The summed E-state index contributed by atoms with van der Waals surface area (Å²) in [5.41, 5.74) is 1.50. The van der Waals surface area contributed by atoms with Gasteiger partial charge in [-0.2, -0.15) is 0 Å². The quantitative estimate of drug-likeness (QED) is 0.796. The topological polar surface area (TPSA) is 54.7 Å². The Morgan fingerprint density at radius 2 is 1.70 bits per heavy atom. The van der Waals surface area contributed by atoms with Crippen LogP contribution in [0.15, 0.2) is 52.6 Å². The van der Waals surface area contributed by atoms with Crippen LogP contribution in [0.25, 0.3) is 0 Å². The lowest BCUT2D eigenvalue weighted by atomic mass is 10.1. The van der Waals surface area contributed by atoms with Gasteiger partial charge in [-0.15, -0.1) is 4.91 Å². The molecule has 0 radical (unpaired) electrons. The van der Waals surface area contributed by atoms with Gasteiger partial charge in [-0.3, -0.25) is 9.69 Å². The third-order valence-electron chi connectivity index (χ3n) is 4.35. The van der Waals surface area contributed by atoms with Crippen molar-refractivity contribution in [2.24, 2.45) is 5.18 Å². The number of hydrogen-bond donors (Lipinski definition) is 0. The molecular formula is C18H21N3O2. The van der Waals surface area contributed by atoms with Gasteiger partial charge in [0.15, 0.2) is 5.69 Å². The minimum Gasteiger partial charge on any atom is -0.309 e. The summed E-state index contributed by atoms with van der Waals surface area (Å²) >= 11 is 0. The summed E-state index contributed by atoms with van der Waals surface area (Å²) in [6, 6.07) is 11.6. The molecule has 5 heteroatoms. The summed E-state index contributed by atoms with van der Waals surface area (Å²) in [5, 5.41) is 3.03. The second kappa shape index (κ2) is 7.33.